The standard InChI is InChI=1S/C15H22N2O4/c1-3-4-10-21-13-7-5-12(6-8-13)17-15(19)14(18)16-9-11-20-2/h5-8H,3-4,9-11H2,1-2H3,(H,16,18)(H,17,19). The fourth-order valence-corrected chi connectivity index (χ4v) is 1.50. The van der Waals surface area contributed by atoms with Gasteiger partial charge >= 0.3 is 11.8 Å². The number of rotatable bonds is 8. The van der Waals surface area contributed by atoms with Crippen molar-refractivity contribution in [3.63, 3.8) is 0 Å². The summed E-state index contributed by atoms with van der Waals surface area (Å²) in [5.41, 5.74) is 0.546. The van der Waals surface area contributed by atoms with Crippen molar-refractivity contribution in [1.29, 1.82) is 0 Å². The fraction of sp³-hybridized carbons (Fsp3) is 0.467. The zero-order valence-electron chi connectivity index (χ0n) is 12.5. The van der Waals surface area contributed by atoms with E-state index >= 15 is 0 Å². The molecule has 2 N–H and O–H groups in total. The topological polar surface area (TPSA) is 76.7 Å². The van der Waals surface area contributed by atoms with Gasteiger partial charge in [0.2, 0.25) is 0 Å². The summed E-state index contributed by atoms with van der Waals surface area (Å²) in [6.07, 6.45) is 2.08. The van der Waals surface area contributed by atoms with Crippen molar-refractivity contribution >= 4 is 17.5 Å². The molecule has 0 aromatic heterocycles. The van der Waals surface area contributed by atoms with Crippen LogP contribution in [0, 0.1) is 0 Å². The van der Waals surface area contributed by atoms with Gasteiger partial charge in [0.25, 0.3) is 0 Å². The van der Waals surface area contributed by atoms with Gasteiger partial charge in [-0.25, -0.2) is 0 Å². The molecule has 0 heterocycles. The number of methoxy groups -OCH3 is 1. The van der Waals surface area contributed by atoms with E-state index in [1.807, 2.05) is 0 Å². The smallest absolute Gasteiger partial charge is 0.313 e. The van der Waals surface area contributed by atoms with Crippen LogP contribution < -0.4 is 15.4 Å². The highest BCUT2D eigenvalue weighted by atomic mass is 16.5. The molecule has 21 heavy (non-hydrogen) atoms. The number of benzene rings is 1. The van der Waals surface area contributed by atoms with Crippen LogP contribution in [0.5, 0.6) is 5.75 Å². The van der Waals surface area contributed by atoms with Crippen molar-refractivity contribution in [2.75, 3.05) is 32.2 Å². The normalized spacial score (nSPS) is 10.0. The van der Waals surface area contributed by atoms with Crippen LogP contribution >= 0.6 is 0 Å². The van der Waals surface area contributed by atoms with Crippen molar-refractivity contribution in [1.82, 2.24) is 5.32 Å². The van der Waals surface area contributed by atoms with Gasteiger partial charge in [-0.05, 0) is 30.7 Å². The zero-order valence-corrected chi connectivity index (χ0v) is 12.5. The first-order chi connectivity index (χ1) is 10.2. The highest BCUT2D eigenvalue weighted by Crippen LogP contribution is 2.15. The second-order valence-corrected chi connectivity index (χ2v) is 4.43. The Balaban J connectivity index is 2.40. The maximum absolute atomic E-state index is 11.6. The molecule has 0 saturated heterocycles. The molecular weight excluding hydrogens is 272 g/mol. The third-order valence-corrected chi connectivity index (χ3v) is 2.68. The molecule has 0 bridgehead atoms. The van der Waals surface area contributed by atoms with Crippen molar-refractivity contribution in [3.8, 4) is 5.75 Å². The molecule has 0 fully saturated rings. The Kier molecular flexibility index (Phi) is 7.89. The van der Waals surface area contributed by atoms with E-state index < -0.39 is 11.8 Å². The summed E-state index contributed by atoms with van der Waals surface area (Å²) in [7, 11) is 1.52. The van der Waals surface area contributed by atoms with E-state index in [4.69, 9.17) is 9.47 Å². The molecule has 1 aromatic carbocycles. The van der Waals surface area contributed by atoms with Crippen LogP contribution in [0.25, 0.3) is 0 Å². The number of ether oxygens (including phenoxy) is 2. The number of carbonyl (C=O) groups is 2. The Labute approximate surface area is 124 Å². The number of hydrogen-bond donors (Lipinski definition) is 2. The number of carbonyl (C=O) groups excluding carboxylic acids is 2. The lowest BCUT2D eigenvalue weighted by Crippen LogP contribution is -2.37. The number of amides is 2. The van der Waals surface area contributed by atoms with E-state index in [1.54, 1.807) is 24.3 Å². The Morgan fingerprint density at radius 1 is 1.10 bits per heavy atom. The maximum Gasteiger partial charge on any atom is 0.313 e. The lowest BCUT2D eigenvalue weighted by atomic mass is 10.3. The number of nitrogens with one attached hydrogen (secondary N) is 2. The zero-order chi connectivity index (χ0) is 15.5. The van der Waals surface area contributed by atoms with E-state index in [0.29, 0.717) is 25.4 Å². The molecule has 1 aromatic rings. The third kappa shape index (κ3) is 6.76. The first-order valence-electron chi connectivity index (χ1n) is 6.98. The van der Waals surface area contributed by atoms with E-state index in [9.17, 15) is 9.59 Å². The van der Waals surface area contributed by atoms with Crippen LogP contribution in [0.2, 0.25) is 0 Å². The van der Waals surface area contributed by atoms with Crippen LogP contribution in [0.3, 0.4) is 0 Å². The van der Waals surface area contributed by atoms with E-state index in [1.165, 1.54) is 7.11 Å². The van der Waals surface area contributed by atoms with Gasteiger partial charge in [0.1, 0.15) is 5.75 Å². The summed E-state index contributed by atoms with van der Waals surface area (Å²) in [6.45, 7) is 3.43. The van der Waals surface area contributed by atoms with Crippen molar-refractivity contribution < 1.29 is 19.1 Å². The predicted octanol–water partition coefficient (Wildman–Crippen LogP) is 1.57. The number of hydrogen-bond acceptors (Lipinski definition) is 4. The summed E-state index contributed by atoms with van der Waals surface area (Å²) in [6, 6.07) is 6.91. The van der Waals surface area contributed by atoms with Crippen LogP contribution in [0.1, 0.15) is 19.8 Å². The number of anilines is 1. The third-order valence-electron chi connectivity index (χ3n) is 2.68. The molecular formula is C15H22N2O4. The van der Waals surface area contributed by atoms with Gasteiger partial charge < -0.3 is 20.1 Å². The summed E-state index contributed by atoms with van der Waals surface area (Å²) < 4.78 is 10.3. The molecule has 2 amide bonds. The minimum Gasteiger partial charge on any atom is -0.494 e. The van der Waals surface area contributed by atoms with E-state index in [0.717, 1.165) is 18.6 Å². The summed E-state index contributed by atoms with van der Waals surface area (Å²) in [5, 5.41) is 4.96. The molecule has 0 atom stereocenters. The van der Waals surface area contributed by atoms with Gasteiger partial charge in [-0.1, -0.05) is 13.3 Å². The molecule has 0 radical (unpaired) electrons. The largest absolute Gasteiger partial charge is 0.494 e. The first kappa shape index (κ1) is 17.0. The van der Waals surface area contributed by atoms with Gasteiger partial charge in [0.15, 0.2) is 0 Å². The summed E-state index contributed by atoms with van der Waals surface area (Å²) >= 11 is 0. The van der Waals surface area contributed by atoms with E-state index in [2.05, 4.69) is 17.6 Å². The molecule has 0 aliphatic heterocycles. The molecule has 1 rings (SSSR count). The Bertz CT molecular complexity index is 445. The molecule has 0 aliphatic rings. The Morgan fingerprint density at radius 2 is 1.81 bits per heavy atom. The minimum absolute atomic E-state index is 0.299. The second kappa shape index (κ2) is 9.77. The van der Waals surface area contributed by atoms with E-state index in [-0.39, 0.29) is 0 Å². The average molecular weight is 294 g/mol. The predicted molar refractivity (Wildman–Crippen MR) is 80.4 cm³/mol. The van der Waals surface area contributed by atoms with Gasteiger partial charge in [0.05, 0.1) is 13.2 Å². The molecule has 0 unspecified atom stereocenters. The lowest BCUT2D eigenvalue weighted by molar-refractivity contribution is -0.136. The quantitative estimate of drug-likeness (QED) is 0.563. The lowest BCUT2D eigenvalue weighted by Gasteiger charge is -2.08. The molecule has 6 nitrogen and oxygen atoms in total. The highest BCUT2D eigenvalue weighted by Gasteiger charge is 2.12. The fourth-order valence-electron chi connectivity index (χ4n) is 1.50. The van der Waals surface area contributed by atoms with Crippen LogP contribution in [0.15, 0.2) is 24.3 Å². The Morgan fingerprint density at radius 3 is 2.43 bits per heavy atom. The molecule has 116 valence electrons. The summed E-state index contributed by atoms with van der Waals surface area (Å²) in [4.78, 5) is 23.1. The molecule has 0 spiro atoms. The van der Waals surface area contributed by atoms with Crippen LogP contribution in [0.4, 0.5) is 5.69 Å². The van der Waals surface area contributed by atoms with Crippen molar-refractivity contribution in [3.05, 3.63) is 24.3 Å². The summed E-state index contributed by atoms with van der Waals surface area (Å²) in [5.74, 6) is -0.646. The minimum atomic E-state index is -0.703. The van der Waals surface area contributed by atoms with Gasteiger partial charge in [0, 0.05) is 19.3 Å². The first-order valence-corrected chi connectivity index (χ1v) is 6.98. The molecule has 6 heteroatoms. The number of unbranched alkanes of at least 4 members (excludes halogenated alkanes) is 1. The molecule has 0 aliphatic carbocycles. The van der Waals surface area contributed by atoms with Gasteiger partial charge in [-0.15, -0.1) is 0 Å². The highest BCUT2D eigenvalue weighted by molar-refractivity contribution is 6.39. The average Bonchev–Trinajstić information content (AvgIpc) is 2.49. The van der Waals surface area contributed by atoms with Gasteiger partial charge in [-0.2, -0.15) is 0 Å². The van der Waals surface area contributed by atoms with Gasteiger partial charge in [-0.3, -0.25) is 9.59 Å². The monoisotopic (exact) mass is 294 g/mol. The maximum atomic E-state index is 11.6. The second-order valence-electron chi connectivity index (χ2n) is 4.43. The van der Waals surface area contributed by atoms with Crippen LogP contribution in [-0.4, -0.2) is 38.7 Å². The van der Waals surface area contributed by atoms with Crippen LogP contribution in [-0.2, 0) is 14.3 Å². The Hall–Kier alpha value is -2.08. The van der Waals surface area contributed by atoms with Crippen molar-refractivity contribution in [2.45, 2.75) is 19.8 Å². The molecule has 0 saturated carbocycles. The SMILES string of the molecule is CCCCOc1ccc(NC(=O)C(=O)NCCOC)cc1. The van der Waals surface area contributed by atoms with Crippen molar-refractivity contribution in [2.24, 2.45) is 0 Å².